The van der Waals surface area contributed by atoms with E-state index in [-0.39, 0.29) is 27.4 Å². The van der Waals surface area contributed by atoms with Crippen LogP contribution < -0.4 is 0 Å². The van der Waals surface area contributed by atoms with Gasteiger partial charge in [0.1, 0.15) is 0 Å². The van der Waals surface area contributed by atoms with Crippen molar-refractivity contribution in [2.45, 2.75) is 6.92 Å². The summed E-state index contributed by atoms with van der Waals surface area (Å²) >= 11 is 0. The SMILES string of the molecule is CC(=O)O.O.O.O.O.O. The Kier molecular flexibility index (Phi) is 523. The van der Waals surface area contributed by atoms with Gasteiger partial charge in [0.25, 0.3) is 5.97 Å². The summed E-state index contributed by atoms with van der Waals surface area (Å²) in [7, 11) is 0. The van der Waals surface area contributed by atoms with Gasteiger partial charge in [0.2, 0.25) is 0 Å². The summed E-state index contributed by atoms with van der Waals surface area (Å²) in [5, 5.41) is 7.42. The van der Waals surface area contributed by atoms with Gasteiger partial charge in [-0.15, -0.1) is 0 Å². The van der Waals surface area contributed by atoms with Crippen molar-refractivity contribution in [2.75, 3.05) is 0 Å². The van der Waals surface area contributed by atoms with E-state index in [1.807, 2.05) is 0 Å². The van der Waals surface area contributed by atoms with E-state index in [0.29, 0.717) is 0 Å². The van der Waals surface area contributed by atoms with Gasteiger partial charge in [0.05, 0.1) is 0 Å². The first-order valence-corrected chi connectivity index (χ1v) is 0.928. The molecule has 0 aromatic carbocycles. The van der Waals surface area contributed by atoms with Gasteiger partial charge in [-0.3, -0.25) is 4.79 Å². The Labute approximate surface area is 51.5 Å². The second kappa shape index (κ2) is 55.5. The zero-order chi connectivity index (χ0) is 3.58. The standard InChI is InChI=1S/C2H4O2.5H2O/c1-2(3)4;;;;;/h1H3,(H,3,4);5*1H2. The van der Waals surface area contributed by atoms with Crippen molar-refractivity contribution in [1.29, 1.82) is 0 Å². The van der Waals surface area contributed by atoms with E-state index in [1.54, 1.807) is 0 Å². The van der Waals surface area contributed by atoms with Crippen LogP contribution in [0.3, 0.4) is 0 Å². The maximum atomic E-state index is 9.00. The van der Waals surface area contributed by atoms with Crippen molar-refractivity contribution in [3.05, 3.63) is 0 Å². The molecule has 0 unspecified atom stereocenters. The topological polar surface area (TPSA) is 195 Å². The number of carbonyl (C=O) groups is 1. The van der Waals surface area contributed by atoms with E-state index in [9.17, 15) is 0 Å². The van der Waals surface area contributed by atoms with E-state index < -0.39 is 5.97 Å². The molecule has 0 spiro atoms. The Hall–Kier alpha value is -0.730. The average Bonchev–Trinajstić information content (AvgIpc) is 0.811. The Morgan fingerprint density at radius 1 is 1.00 bits per heavy atom. The van der Waals surface area contributed by atoms with Gasteiger partial charge in [-0.2, -0.15) is 0 Å². The maximum absolute atomic E-state index is 9.00. The summed E-state index contributed by atoms with van der Waals surface area (Å²) in [6.07, 6.45) is 0. The minimum atomic E-state index is -0.833. The molecular weight excluding hydrogens is 136 g/mol. The zero-order valence-corrected chi connectivity index (χ0v) is 4.86. The zero-order valence-electron chi connectivity index (χ0n) is 4.86. The van der Waals surface area contributed by atoms with Crippen LogP contribution >= 0.6 is 0 Å². The monoisotopic (exact) mass is 150 g/mol. The molecule has 0 aliphatic carbocycles. The molecule has 0 fully saturated rings. The smallest absolute Gasteiger partial charge is 0.300 e. The van der Waals surface area contributed by atoms with Crippen molar-refractivity contribution in [2.24, 2.45) is 0 Å². The number of hydrogen-bond donors (Lipinski definition) is 1. The van der Waals surface area contributed by atoms with Crippen LogP contribution in [0.25, 0.3) is 0 Å². The molecular formula is C2H14O7. The van der Waals surface area contributed by atoms with Crippen LogP contribution in [0, 0.1) is 0 Å². The molecule has 0 heterocycles. The molecule has 0 rings (SSSR count). The summed E-state index contributed by atoms with van der Waals surface area (Å²) in [5.74, 6) is -0.833. The van der Waals surface area contributed by atoms with E-state index in [1.165, 1.54) is 0 Å². The maximum Gasteiger partial charge on any atom is 0.300 e. The van der Waals surface area contributed by atoms with Crippen LogP contribution in [0.5, 0.6) is 0 Å². The molecule has 0 aliphatic heterocycles. The molecule has 9 heavy (non-hydrogen) atoms. The summed E-state index contributed by atoms with van der Waals surface area (Å²) in [5.41, 5.74) is 0. The number of rotatable bonds is 0. The fourth-order valence-electron chi connectivity index (χ4n) is 0. The summed E-state index contributed by atoms with van der Waals surface area (Å²) in [4.78, 5) is 9.00. The predicted octanol–water partition coefficient (Wildman–Crippen LogP) is -4.03. The van der Waals surface area contributed by atoms with Gasteiger partial charge >= 0.3 is 0 Å². The molecule has 0 radical (unpaired) electrons. The molecule has 0 saturated carbocycles. The Bertz CT molecular complexity index is 29.9. The van der Waals surface area contributed by atoms with Gasteiger partial charge in [-0.05, 0) is 0 Å². The number of carboxylic acid groups (broad SMARTS) is 1. The highest BCUT2D eigenvalue weighted by Crippen LogP contribution is 1.42. The largest absolute Gasteiger partial charge is 0.481 e. The quantitative estimate of drug-likeness (QED) is 0.367. The van der Waals surface area contributed by atoms with Crippen molar-refractivity contribution in [3.63, 3.8) is 0 Å². The van der Waals surface area contributed by atoms with Crippen molar-refractivity contribution in [3.8, 4) is 0 Å². The number of carboxylic acids is 1. The third-order valence-corrected chi connectivity index (χ3v) is 0. The van der Waals surface area contributed by atoms with E-state index in [0.717, 1.165) is 6.92 Å². The Morgan fingerprint density at radius 3 is 1.00 bits per heavy atom. The molecule has 0 aromatic heterocycles. The first kappa shape index (κ1) is 84.8. The van der Waals surface area contributed by atoms with Crippen LogP contribution in [0.4, 0.5) is 0 Å². The summed E-state index contributed by atoms with van der Waals surface area (Å²) in [6, 6.07) is 0. The molecule has 7 heteroatoms. The average molecular weight is 150 g/mol. The molecule has 0 amide bonds. The molecule has 11 N–H and O–H groups in total. The van der Waals surface area contributed by atoms with Gasteiger partial charge in [-0.25, -0.2) is 0 Å². The fourth-order valence-corrected chi connectivity index (χ4v) is 0. The Morgan fingerprint density at radius 2 is 1.00 bits per heavy atom. The van der Waals surface area contributed by atoms with Gasteiger partial charge in [-0.1, -0.05) is 0 Å². The first-order valence-electron chi connectivity index (χ1n) is 0.928. The lowest BCUT2D eigenvalue weighted by Gasteiger charge is -1.59. The molecule has 0 saturated heterocycles. The van der Waals surface area contributed by atoms with Crippen molar-refractivity contribution >= 4 is 5.97 Å². The second-order valence-electron chi connectivity index (χ2n) is 0.519. The first-order chi connectivity index (χ1) is 1.73. The molecule has 64 valence electrons. The molecule has 0 aromatic rings. The number of hydrogen-bond acceptors (Lipinski definition) is 1. The molecule has 7 nitrogen and oxygen atoms in total. The second-order valence-corrected chi connectivity index (χ2v) is 0.519. The van der Waals surface area contributed by atoms with Crippen LogP contribution in [0.2, 0.25) is 0 Å². The Balaban J connectivity index is -0.00000000450. The molecule has 0 bridgehead atoms. The minimum absolute atomic E-state index is 0. The lowest BCUT2D eigenvalue weighted by atomic mass is 10.9. The third kappa shape index (κ3) is 379. The van der Waals surface area contributed by atoms with Crippen LogP contribution in [0.1, 0.15) is 6.92 Å². The van der Waals surface area contributed by atoms with Crippen LogP contribution in [-0.2, 0) is 4.79 Å². The number of aliphatic carboxylic acids is 1. The van der Waals surface area contributed by atoms with Crippen molar-refractivity contribution in [1.82, 2.24) is 0 Å². The highest BCUT2D eigenvalue weighted by atomic mass is 16.4. The lowest BCUT2D eigenvalue weighted by Crippen LogP contribution is -1.78. The van der Waals surface area contributed by atoms with Gasteiger partial charge in [0, 0.05) is 6.92 Å². The van der Waals surface area contributed by atoms with Gasteiger partial charge < -0.3 is 32.5 Å². The summed E-state index contributed by atoms with van der Waals surface area (Å²) < 4.78 is 0. The highest BCUT2D eigenvalue weighted by molar-refractivity contribution is 5.62. The van der Waals surface area contributed by atoms with Crippen LogP contribution in [0.15, 0.2) is 0 Å². The van der Waals surface area contributed by atoms with Crippen molar-refractivity contribution < 1.29 is 37.3 Å². The van der Waals surface area contributed by atoms with E-state index in [4.69, 9.17) is 9.90 Å². The van der Waals surface area contributed by atoms with E-state index in [2.05, 4.69) is 0 Å². The molecule has 0 aliphatic rings. The predicted molar refractivity (Wildman–Crippen MR) is 31.4 cm³/mol. The normalized spacial score (nSPS) is 2.78. The third-order valence-electron chi connectivity index (χ3n) is 0. The van der Waals surface area contributed by atoms with Gasteiger partial charge in [0.15, 0.2) is 0 Å². The minimum Gasteiger partial charge on any atom is -0.481 e. The summed E-state index contributed by atoms with van der Waals surface area (Å²) in [6.45, 7) is 1.08. The van der Waals surface area contributed by atoms with E-state index >= 15 is 0 Å². The van der Waals surface area contributed by atoms with Crippen LogP contribution in [-0.4, -0.2) is 38.5 Å². The molecule has 0 atom stereocenters. The fraction of sp³-hybridized carbons (Fsp3) is 0.500. The highest BCUT2D eigenvalue weighted by Gasteiger charge is 1.65. The lowest BCUT2D eigenvalue weighted by molar-refractivity contribution is -0.134.